The SMILES string of the molecule is CC(=O)c1ccc(O)c(CC=C(C)C)c1.CC1OC(OC2CCC3(C)C(CCC4(C)C3CC=C3C5CC(C)(C)CCC5(C(=O)OC5OCC(O)C(O)C5OC5OC(C)C(OC6OC(CO)C(O)C(O)C6O)C(O)C5O)C(O)CC34C)C2(C)C)C(O)C(O)C1OC1OCC(O)C(O)C1O. The van der Waals surface area contributed by atoms with Crippen molar-refractivity contribution in [2.75, 3.05) is 19.8 Å². The average Bonchev–Trinajstić information content (AvgIpc) is 0.671. The maximum Gasteiger partial charge on any atom is 0.317 e. The number of hydrogen-bond donors (Lipinski definition) is 15. The predicted molar refractivity (Wildman–Crippen MR) is 343 cm³/mol. The van der Waals surface area contributed by atoms with Crippen LogP contribution in [-0.4, -0.2) is 262 Å². The van der Waals surface area contributed by atoms with Crippen LogP contribution in [0.5, 0.6) is 5.75 Å². The Morgan fingerprint density at radius 3 is 1.77 bits per heavy atom. The number of carbonyl (C=O) groups excluding carboxylic acids is 2. The second kappa shape index (κ2) is 29.3. The van der Waals surface area contributed by atoms with Gasteiger partial charge in [0.15, 0.2) is 37.0 Å². The molecule has 5 heterocycles. The monoisotopic (exact) mass is 1390 g/mol. The Morgan fingerprint density at radius 1 is 0.592 bits per heavy atom. The van der Waals surface area contributed by atoms with Crippen LogP contribution in [0, 0.1) is 50.2 Å². The van der Waals surface area contributed by atoms with Crippen LogP contribution >= 0.6 is 0 Å². The van der Waals surface area contributed by atoms with Gasteiger partial charge < -0.3 is 124 Å². The van der Waals surface area contributed by atoms with Crippen LogP contribution in [0.1, 0.15) is 157 Å². The van der Waals surface area contributed by atoms with Crippen molar-refractivity contribution in [2.24, 2.45) is 50.2 Å². The number of benzene rings is 1. The van der Waals surface area contributed by atoms with Crippen LogP contribution in [0.15, 0.2) is 41.5 Å². The van der Waals surface area contributed by atoms with E-state index in [2.05, 4.69) is 54.5 Å². The molecule has 1 aromatic carbocycles. The minimum atomic E-state index is -1.93. The molecular weight excluding hydrogens is 1280 g/mol. The van der Waals surface area contributed by atoms with Gasteiger partial charge in [-0.05, 0) is 167 Å². The highest BCUT2D eigenvalue weighted by Gasteiger charge is 2.72. The molecule has 5 saturated heterocycles. The van der Waals surface area contributed by atoms with Gasteiger partial charge in [0, 0.05) is 5.56 Å². The summed E-state index contributed by atoms with van der Waals surface area (Å²) in [5.74, 6) is -0.733. The Morgan fingerprint density at radius 2 is 1.15 bits per heavy atom. The Bertz CT molecular complexity index is 3010. The van der Waals surface area contributed by atoms with Crippen LogP contribution in [0.3, 0.4) is 0 Å². The van der Waals surface area contributed by atoms with Crippen molar-refractivity contribution >= 4 is 11.8 Å². The third kappa shape index (κ3) is 14.0. The largest absolute Gasteiger partial charge is 0.508 e. The number of rotatable bonds is 14. The van der Waals surface area contributed by atoms with Crippen molar-refractivity contribution in [1.82, 2.24) is 0 Å². The number of allylic oxidation sites excluding steroid dienone is 4. The number of aromatic hydroxyl groups is 1. The summed E-state index contributed by atoms with van der Waals surface area (Å²) in [5, 5.41) is 162. The van der Waals surface area contributed by atoms with E-state index in [1.807, 2.05) is 19.9 Å². The molecule has 556 valence electrons. The van der Waals surface area contributed by atoms with Crippen LogP contribution in [-0.2, 0) is 58.6 Å². The summed E-state index contributed by atoms with van der Waals surface area (Å²) in [7, 11) is 0. The summed E-state index contributed by atoms with van der Waals surface area (Å²) in [6.45, 7) is 22.7. The standard InChI is InChI=1S/C58H94O25.C13H16O2/c1-23-44(80-47-40(69)34(63)27(60)21-74-47)38(67)42(71)48(76-23)79-33-13-14-55(7)30(54(33,5)6)12-15-56(8)31(55)11-10-25-26-18-53(3,4)16-17-58(26,32(62)19-57(25,56)9)52(73)83-51-46(35(64)28(61)22-75-51)82-49-43(72)39(68)45(24(2)77-49)81-50-41(70)37(66)36(65)29(20-59)78-50;1-9(2)4-5-12-8-11(10(3)14)6-7-13(12)15/h10,23-24,26-51,59-72H,11-22H2,1-9H3;4,6-8,15H,5H2,1-3H3. The zero-order chi connectivity index (χ0) is 72.0. The molecule has 27 nitrogen and oxygen atoms in total. The smallest absolute Gasteiger partial charge is 0.317 e. The molecule has 10 aliphatic rings. The number of hydrogen-bond acceptors (Lipinski definition) is 27. The number of aliphatic hydroxyl groups is 14. The van der Waals surface area contributed by atoms with E-state index >= 15 is 4.79 Å². The Balaban J connectivity index is 0.000000614. The first-order chi connectivity index (χ1) is 45.8. The Hall–Kier alpha value is -3.28. The molecule has 32 atom stereocenters. The first kappa shape index (κ1) is 77.3. The molecule has 5 aliphatic carbocycles. The van der Waals surface area contributed by atoms with Gasteiger partial charge in [0.2, 0.25) is 6.29 Å². The highest BCUT2D eigenvalue weighted by molar-refractivity contribution is 5.94. The highest BCUT2D eigenvalue weighted by atomic mass is 16.8. The molecule has 4 saturated carbocycles. The topological polar surface area (TPSA) is 430 Å². The van der Waals surface area contributed by atoms with Crippen molar-refractivity contribution < 1.29 is 134 Å². The lowest BCUT2D eigenvalue weighted by atomic mass is 9.33. The summed E-state index contributed by atoms with van der Waals surface area (Å²) in [6, 6.07) is 4.96. The van der Waals surface area contributed by atoms with Gasteiger partial charge in [-0.1, -0.05) is 71.8 Å². The molecule has 9 fully saturated rings. The minimum absolute atomic E-state index is 0.0217. The predicted octanol–water partition coefficient (Wildman–Crippen LogP) is 1.20. The molecule has 5 aliphatic heterocycles. The first-order valence-corrected chi connectivity index (χ1v) is 34.9. The fourth-order valence-corrected chi connectivity index (χ4v) is 18.8. The summed E-state index contributed by atoms with van der Waals surface area (Å²) in [4.78, 5) is 26.6. The fraction of sp³-hybridized carbons (Fsp3) is 0.831. The van der Waals surface area contributed by atoms with Gasteiger partial charge in [0.05, 0.1) is 44.2 Å². The van der Waals surface area contributed by atoms with Gasteiger partial charge in [-0.25, -0.2) is 0 Å². The number of fused-ring (bicyclic) bond motifs is 7. The zero-order valence-corrected chi connectivity index (χ0v) is 58.4. The molecule has 0 aromatic heterocycles. The third-order valence-corrected chi connectivity index (χ3v) is 24.9. The molecule has 11 rings (SSSR count). The quantitative estimate of drug-likeness (QED) is 0.0538. The maximum absolute atomic E-state index is 15.4. The van der Waals surface area contributed by atoms with Gasteiger partial charge in [-0.2, -0.15) is 0 Å². The molecule has 0 amide bonds. The van der Waals surface area contributed by atoms with Crippen LogP contribution in [0.2, 0.25) is 0 Å². The normalized spacial score (nSPS) is 48.2. The van der Waals surface area contributed by atoms with Gasteiger partial charge in [-0.15, -0.1) is 0 Å². The molecule has 98 heavy (non-hydrogen) atoms. The summed E-state index contributed by atoms with van der Waals surface area (Å²) in [6.07, 6.45) is -26.5. The van der Waals surface area contributed by atoms with E-state index in [0.29, 0.717) is 37.7 Å². The molecule has 27 heteroatoms. The second-order valence-electron chi connectivity index (χ2n) is 32.1. The molecule has 0 bridgehead atoms. The highest BCUT2D eigenvalue weighted by Crippen LogP contribution is 2.76. The zero-order valence-electron chi connectivity index (χ0n) is 58.4. The second-order valence-corrected chi connectivity index (χ2v) is 32.1. The van der Waals surface area contributed by atoms with E-state index in [1.165, 1.54) is 19.4 Å². The van der Waals surface area contributed by atoms with E-state index in [1.54, 1.807) is 25.1 Å². The molecule has 32 unspecified atom stereocenters. The van der Waals surface area contributed by atoms with E-state index in [4.69, 9.17) is 47.4 Å². The minimum Gasteiger partial charge on any atom is -0.508 e. The van der Waals surface area contributed by atoms with Crippen LogP contribution < -0.4 is 0 Å². The number of esters is 1. The van der Waals surface area contributed by atoms with E-state index < -0.39 is 195 Å². The van der Waals surface area contributed by atoms with Gasteiger partial charge in [0.1, 0.15) is 103 Å². The first-order valence-electron chi connectivity index (χ1n) is 34.9. The van der Waals surface area contributed by atoms with Gasteiger partial charge in [0.25, 0.3) is 0 Å². The van der Waals surface area contributed by atoms with Crippen molar-refractivity contribution in [3.05, 3.63) is 52.6 Å². The molecule has 0 spiro atoms. The Kier molecular flexibility index (Phi) is 23.2. The maximum atomic E-state index is 15.4. The third-order valence-electron chi connectivity index (χ3n) is 24.9. The summed E-state index contributed by atoms with van der Waals surface area (Å²) in [5.41, 5.74) is 0.359. The molecular formula is C71H110O27. The van der Waals surface area contributed by atoms with Gasteiger partial charge in [-0.3, -0.25) is 9.59 Å². The molecule has 1 aromatic rings. The Labute approximate surface area is 572 Å². The number of aliphatic hydroxyl groups excluding tert-OH is 14. The lowest BCUT2D eigenvalue weighted by Crippen LogP contribution is -2.68. The number of Topliss-reactive ketones (excluding diaryl/α,β-unsaturated/α-hetero) is 1. The average molecular weight is 1400 g/mol. The van der Waals surface area contributed by atoms with Crippen molar-refractivity contribution in [2.45, 2.75) is 301 Å². The molecule has 15 N–H and O–H groups in total. The van der Waals surface area contributed by atoms with Crippen molar-refractivity contribution in [1.29, 1.82) is 0 Å². The van der Waals surface area contributed by atoms with Crippen molar-refractivity contribution in [3.8, 4) is 5.75 Å². The van der Waals surface area contributed by atoms with E-state index in [0.717, 1.165) is 30.4 Å². The van der Waals surface area contributed by atoms with Crippen LogP contribution in [0.4, 0.5) is 0 Å². The number of ketones is 1. The van der Waals surface area contributed by atoms with E-state index in [9.17, 15) is 81.4 Å². The van der Waals surface area contributed by atoms with E-state index in [-0.39, 0.29) is 59.1 Å². The molecule has 0 radical (unpaired) electrons. The number of phenolic OH excluding ortho intramolecular Hbond substituents is 1. The number of phenols is 1. The van der Waals surface area contributed by atoms with Crippen LogP contribution in [0.25, 0.3) is 0 Å². The van der Waals surface area contributed by atoms with Crippen molar-refractivity contribution in [3.63, 3.8) is 0 Å². The fourth-order valence-electron chi connectivity index (χ4n) is 18.8. The summed E-state index contributed by atoms with van der Waals surface area (Å²) < 4.78 is 59.6. The number of ether oxygens (including phenoxy) is 10. The number of carbonyl (C=O) groups is 2. The van der Waals surface area contributed by atoms with Gasteiger partial charge >= 0.3 is 5.97 Å². The lowest BCUT2D eigenvalue weighted by Gasteiger charge is -2.71. The summed E-state index contributed by atoms with van der Waals surface area (Å²) >= 11 is 0. The lowest BCUT2D eigenvalue weighted by molar-refractivity contribution is -0.374.